The Labute approximate surface area is 89.8 Å². The molecule has 0 aromatic carbocycles. The van der Waals surface area contributed by atoms with E-state index in [0.29, 0.717) is 6.54 Å². The van der Waals surface area contributed by atoms with E-state index in [1.54, 1.807) is 12.5 Å². The molecule has 4 nitrogen and oxygen atoms in total. The van der Waals surface area contributed by atoms with Gasteiger partial charge in [-0.3, -0.25) is 4.79 Å². The zero-order valence-corrected chi connectivity index (χ0v) is 9.19. The lowest BCUT2D eigenvalue weighted by atomic mass is 9.99. The van der Waals surface area contributed by atoms with Crippen LogP contribution in [0.25, 0.3) is 0 Å². The maximum atomic E-state index is 11.6. The third-order valence-electron chi connectivity index (χ3n) is 2.61. The van der Waals surface area contributed by atoms with E-state index >= 15 is 0 Å². The fourth-order valence-corrected chi connectivity index (χ4v) is 1.21. The van der Waals surface area contributed by atoms with Crippen LogP contribution in [0.1, 0.15) is 25.8 Å². The Morgan fingerprint density at radius 3 is 2.93 bits per heavy atom. The van der Waals surface area contributed by atoms with Gasteiger partial charge in [-0.2, -0.15) is 0 Å². The van der Waals surface area contributed by atoms with Gasteiger partial charge in [0.05, 0.1) is 18.6 Å². The molecule has 0 fully saturated rings. The first-order valence-electron chi connectivity index (χ1n) is 5.19. The number of furan rings is 1. The van der Waals surface area contributed by atoms with E-state index in [9.17, 15) is 4.79 Å². The smallest absolute Gasteiger partial charge is 0.237 e. The summed E-state index contributed by atoms with van der Waals surface area (Å²) in [5.41, 5.74) is 6.72. The van der Waals surface area contributed by atoms with Crippen LogP contribution in [0.3, 0.4) is 0 Å². The van der Waals surface area contributed by atoms with Gasteiger partial charge in [0.15, 0.2) is 0 Å². The molecule has 0 saturated heterocycles. The molecule has 1 amide bonds. The largest absolute Gasteiger partial charge is 0.472 e. The van der Waals surface area contributed by atoms with Crippen LogP contribution in [0.5, 0.6) is 0 Å². The molecule has 4 heteroatoms. The summed E-state index contributed by atoms with van der Waals surface area (Å²) in [4.78, 5) is 11.6. The Morgan fingerprint density at radius 1 is 1.67 bits per heavy atom. The summed E-state index contributed by atoms with van der Waals surface area (Å²) in [5.74, 6) is 0.0971. The highest BCUT2D eigenvalue weighted by atomic mass is 16.3. The SMILES string of the molecule is CCC(C)C(N)C(=O)NCc1ccoc1. The average molecular weight is 210 g/mol. The van der Waals surface area contributed by atoms with E-state index in [2.05, 4.69) is 5.32 Å². The summed E-state index contributed by atoms with van der Waals surface area (Å²) in [6.07, 6.45) is 4.09. The zero-order chi connectivity index (χ0) is 11.3. The van der Waals surface area contributed by atoms with Gasteiger partial charge in [-0.05, 0) is 12.0 Å². The van der Waals surface area contributed by atoms with Crippen LogP contribution in [0, 0.1) is 5.92 Å². The van der Waals surface area contributed by atoms with Gasteiger partial charge in [-0.25, -0.2) is 0 Å². The second-order valence-electron chi connectivity index (χ2n) is 3.76. The van der Waals surface area contributed by atoms with Crippen LogP contribution in [-0.4, -0.2) is 11.9 Å². The van der Waals surface area contributed by atoms with Gasteiger partial charge in [-0.1, -0.05) is 20.3 Å². The third kappa shape index (κ3) is 3.40. The molecule has 15 heavy (non-hydrogen) atoms. The number of rotatable bonds is 5. The first-order chi connectivity index (χ1) is 7.15. The van der Waals surface area contributed by atoms with Crippen molar-refractivity contribution in [2.75, 3.05) is 0 Å². The molecule has 2 unspecified atom stereocenters. The minimum Gasteiger partial charge on any atom is -0.472 e. The van der Waals surface area contributed by atoms with E-state index in [0.717, 1.165) is 12.0 Å². The van der Waals surface area contributed by atoms with Gasteiger partial charge in [0.1, 0.15) is 0 Å². The molecule has 0 spiro atoms. The number of hydrogen-bond donors (Lipinski definition) is 2. The summed E-state index contributed by atoms with van der Waals surface area (Å²) < 4.78 is 4.89. The second kappa shape index (κ2) is 5.56. The minimum absolute atomic E-state index is 0.106. The van der Waals surface area contributed by atoms with Crippen molar-refractivity contribution in [1.82, 2.24) is 5.32 Å². The highest BCUT2D eigenvalue weighted by Crippen LogP contribution is 2.05. The van der Waals surface area contributed by atoms with Gasteiger partial charge in [0.25, 0.3) is 0 Å². The summed E-state index contributed by atoms with van der Waals surface area (Å²) in [7, 11) is 0. The van der Waals surface area contributed by atoms with Crippen molar-refractivity contribution < 1.29 is 9.21 Å². The summed E-state index contributed by atoms with van der Waals surface area (Å²) in [6.45, 7) is 4.47. The van der Waals surface area contributed by atoms with E-state index in [4.69, 9.17) is 10.2 Å². The van der Waals surface area contributed by atoms with Crippen molar-refractivity contribution in [3.8, 4) is 0 Å². The van der Waals surface area contributed by atoms with Crippen LogP contribution < -0.4 is 11.1 Å². The predicted octanol–water partition coefficient (Wildman–Crippen LogP) is 1.27. The van der Waals surface area contributed by atoms with Crippen LogP contribution in [0.4, 0.5) is 0 Å². The average Bonchev–Trinajstić information content (AvgIpc) is 2.76. The van der Waals surface area contributed by atoms with Crippen LogP contribution >= 0.6 is 0 Å². The molecule has 3 N–H and O–H groups in total. The van der Waals surface area contributed by atoms with E-state index in [1.807, 2.05) is 19.9 Å². The molecule has 0 aliphatic carbocycles. The quantitative estimate of drug-likeness (QED) is 0.769. The van der Waals surface area contributed by atoms with Crippen LogP contribution in [0.15, 0.2) is 23.0 Å². The molecule has 1 aromatic heterocycles. The Balaban J connectivity index is 2.36. The van der Waals surface area contributed by atoms with Crippen molar-refractivity contribution in [3.63, 3.8) is 0 Å². The molecule has 0 aliphatic rings. The molecule has 1 rings (SSSR count). The van der Waals surface area contributed by atoms with Crippen LogP contribution in [-0.2, 0) is 11.3 Å². The molecule has 0 saturated carbocycles. The number of carbonyl (C=O) groups is 1. The Hall–Kier alpha value is -1.29. The van der Waals surface area contributed by atoms with Gasteiger partial charge in [-0.15, -0.1) is 0 Å². The lowest BCUT2D eigenvalue weighted by Crippen LogP contribution is -2.44. The van der Waals surface area contributed by atoms with Crippen LogP contribution in [0.2, 0.25) is 0 Å². The monoisotopic (exact) mass is 210 g/mol. The van der Waals surface area contributed by atoms with E-state index in [-0.39, 0.29) is 11.8 Å². The molecule has 0 aliphatic heterocycles. The summed E-state index contributed by atoms with van der Waals surface area (Å²) in [6, 6.07) is 1.39. The number of nitrogens with one attached hydrogen (secondary N) is 1. The second-order valence-corrected chi connectivity index (χ2v) is 3.76. The Kier molecular flexibility index (Phi) is 4.37. The van der Waals surface area contributed by atoms with Gasteiger partial charge >= 0.3 is 0 Å². The maximum Gasteiger partial charge on any atom is 0.237 e. The number of amides is 1. The molecule has 2 atom stereocenters. The van der Waals surface area contributed by atoms with Crippen molar-refractivity contribution in [1.29, 1.82) is 0 Å². The lowest BCUT2D eigenvalue weighted by Gasteiger charge is -2.17. The van der Waals surface area contributed by atoms with Gasteiger partial charge < -0.3 is 15.5 Å². The Bertz CT molecular complexity index is 296. The first-order valence-corrected chi connectivity index (χ1v) is 5.19. The standard InChI is InChI=1S/C11H18N2O2/c1-3-8(2)10(12)11(14)13-6-9-4-5-15-7-9/h4-5,7-8,10H,3,6,12H2,1-2H3,(H,13,14). The van der Waals surface area contributed by atoms with E-state index in [1.165, 1.54) is 0 Å². The highest BCUT2D eigenvalue weighted by molar-refractivity contribution is 5.81. The van der Waals surface area contributed by atoms with Crippen molar-refractivity contribution in [2.24, 2.45) is 11.7 Å². The fourth-order valence-electron chi connectivity index (χ4n) is 1.21. The summed E-state index contributed by atoms with van der Waals surface area (Å²) in [5, 5.41) is 2.78. The van der Waals surface area contributed by atoms with Gasteiger partial charge in [0, 0.05) is 12.1 Å². The number of carbonyl (C=O) groups excluding carboxylic acids is 1. The molecule has 0 bridgehead atoms. The topological polar surface area (TPSA) is 68.3 Å². The zero-order valence-electron chi connectivity index (χ0n) is 9.19. The molecular formula is C11H18N2O2. The molecule has 0 radical (unpaired) electrons. The molecule has 1 heterocycles. The number of hydrogen-bond acceptors (Lipinski definition) is 3. The van der Waals surface area contributed by atoms with Gasteiger partial charge in [0.2, 0.25) is 5.91 Å². The first kappa shape index (κ1) is 11.8. The van der Waals surface area contributed by atoms with E-state index < -0.39 is 6.04 Å². The molecule has 84 valence electrons. The maximum absolute atomic E-state index is 11.6. The van der Waals surface area contributed by atoms with Crippen molar-refractivity contribution in [3.05, 3.63) is 24.2 Å². The third-order valence-corrected chi connectivity index (χ3v) is 2.61. The molecule has 1 aromatic rings. The van der Waals surface area contributed by atoms with Crippen molar-refractivity contribution >= 4 is 5.91 Å². The lowest BCUT2D eigenvalue weighted by molar-refractivity contribution is -0.123. The highest BCUT2D eigenvalue weighted by Gasteiger charge is 2.18. The fraction of sp³-hybridized carbons (Fsp3) is 0.545. The minimum atomic E-state index is -0.429. The normalized spacial score (nSPS) is 14.6. The Morgan fingerprint density at radius 2 is 2.40 bits per heavy atom. The summed E-state index contributed by atoms with van der Waals surface area (Å²) >= 11 is 0. The molecular weight excluding hydrogens is 192 g/mol. The number of nitrogens with two attached hydrogens (primary N) is 1. The predicted molar refractivity (Wildman–Crippen MR) is 58.0 cm³/mol. The van der Waals surface area contributed by atoms with Crippen molar-refractivity contribution in [2.45, 2.75) is 32.9 Å².